The van der Waals surface area contributed by atoms with Crippen molar-refractivity contribution in [1.82, 2.24) is 4.90 Å². The topological polar surface area (TPSA) is 92.6 Å². The molecule has 1 saturated heterocycles. The number of hydrogen-bond acceptors (Lipinski definition) is 5. The molecule has 1 aliphatic heterocycles. The van der Waals surface area contributed by atoms with Crippen LogP contribution in [0.15, 0.2) is 18.2 Å². The Hall–Kier alpha value is -1.86. The van der Waals surface area contributed by atoms with Crippen LogP contribution in [0.3, 0.4) is 0 Å². The maximum atomic E-state index is 11.7. The first-order valence-electron chi connectivity index (χ1n) is 7.03. The summed E-state index contributed by atoms with van der Waals surface area (Å²) >= 11 is 11.4. The van der Waals surface area contributed by atoms with Crippen LogP contribution in [0.2, 0.25) is 5.02 Å². The molecule has 1 atom stereocenters. The van der Waals surface area contributed by atoms with Gasteiger partial charge in [-0.1, -0.05) is 11.6 Å². The van der Waals surface area contributed by atoms with Crippen LogP contribution < -0.4 is 5.32 Å². The van der Waals surface area contributed by atoms with Crippen molar-refractivity contribution in [2.24, 2.45) is 5.92 Å². The summed E-state index contributed by atoms with van der Waals surface area (Å²) in [4.78, 5) is 34.5. The van der Waals surface area contributed by atoms with E-state index < -0.39 is 16.1 Å². The van der Waals surface area contributed by atoms with Crippen LogP contribution >= 0.6 is 23.2 Å². The number of carbonyl (C=O) groups excluding carboxylic acids is 2. The first kappa shape index (κ1) is 17.5. The van der Waals surface area contributed by atoms with Gasteiger partial charge in [0.2, 0.25) is 11.1 Å². The second kappa shape index (κ2) is 7.61. The number of rotatable bonds is 7. The third-order valence-electron chi connectivity index (χ3n) is 3.62. The van der Waals surface area contributed by atoms with Gasteiger partial charge in [0.25, 0.3) is 5.69 Å². The van der Waals surface area contributed by atoms with E-state index in [-0.39, 0.29) is 23.0 Å². The quantitative estimate of drug-likeness (QED) is 0.349. The molecule has 1 fully saturated rings. The second-order valence-corrected chi connectivity index (χ2v) is 6.03. The number of nitro benzene ring substituents is 1. The largest absolute Gasteiger partial charge is 0.384 e. The lowest BCUT2D eigenvalue weighted by Crippen LogP contribution is -2.28. The number of amides is 1. The number of non-ortho nitro benzene ring substituents is 1. The summed E-state index contributed by atoms with van der Waals surface area (Å²) in [5.74, 6) is -0.487. The fourth-order valence-electron chi connectivity index (χ4n) is 2.39. The average Bonchev–Trinajstić information content (AvgIpc) is 2.86. The number of likely N-dealkylation sites (tertiary alicyclic amines) is 1. The number of nitrogens with zero attached hydrogens (tertiary/aromatic N) is 2. The fourth-order valence-corrected chi connectivity index (χ4v) is 2.78. The number of halogens is 2. The van der Waals surface area contributed by atoms with Gasteiger partial charge in [-0.2, -0.15) is 0 Å². The zero-order valence-electron chi connectivity index (χ0n) is 12.1. The molecule has 0 spiro atoms. The van der Waals surface area contributed by atoms with E-state index >= 15 is 0 Å². The summed E-state index contributed by atoms with van der Waals surface area (Å²) in [5, 5.41) is 13.5. The predicted octanol–water partition coefficient (Wildman–Crippen LogP) is 2.66. The Morgan fingerprint density at radius 2 is 2.22 bits per heavy atom. The maximum absolute atomic E-state index is 11.7. The van der Waals surface area contributed by atoms with Gasteiger partial charge in [0.15, 0.2) is 0 Å². The maximum Gasteiger partial charge on any atom is 0.271 e. The normalized spacial score (nSPS) is 17.4. The molecule has 7 nitrogen and oxygen atoms in total. The molecule has 1 heterocycles. The highest BCUT2D eigenvalue weighted by atomic mass is 35.5. The van der Waals surface area contributed by atoms with E-state index in [1.54, 1.807) is 11.0 Å². The summed E-state index contributed by atoms with van der Waals surface area (Å²) in [7, 11) is 0. The first-order chi connectivity index (χ1) is 10.9. The lowest BCUT2D eigenvalue weighted by molar-refractivity contribution is -0.384. The van der Waals surface area contributed by atoms with Crippen LogP contribution in [-0.4, -0.2) is 40.6 Å². The zero-order chi connectivity index (χ0) is 17.0. The number of nitro groups is 1. The minimum atomic E-state index is -0.511. The van der Waals surface area contributed by atoms with E-state index in [0.29, 0.717) is 31.7 Å². The van der Waals surface area contributed by atoms with Crippen LogP contribution in [0.5, 0.6) is 0 Å². The molecule has 0 aliphatic carbocycles. The summed E-state index contributed by atoms with van der Waals surface area (Å²) in [5.41, 5.74) is 0.527. The van der Waals surface area contributed by atoms with Gasteiger partial charge in [-0.05, 0) is 24.1 Å². The van der Waals surface area contributed by atoms with Crippen LogP contribution in [0.25, 0.3) is 0 Å². The Morgan fingerprint density at radius 1 is 1.48 bits per heavy atom. The van der Waals surface area contributed by atoms with Crippen molar-refractivity contribution in [3.05, 3.63) is 33.3 Å². The molecule has 23 heavy (non-hydrogen) atoms. The van der Waals surface area contributed by atoms with Crippen molar-refractivity contribution in [2.45, 2.75) is 12.8 Å². The molecule has 124 valence electrons. The number of benzene rings is 1. The number of hydrogen-bond donors (Lipinski definition) is 1. The Balaban J connectivity index is 1.79. The van der Waals surface area contributed by atoms with Gasteiger partial charge >= 0.3 is 0 Å². The smallest absolute Gasteiger partial charge is 0.271 e. The van der Waals surface area contributed by atoms with E-state index in [1.807, 2.05) is 0 Å². The highest BCUT2D eigenvalue weighted by molar-refractivity contribution is 6.64. The van der Waals surface area contributed by atoms with Gasteiger partial charge in [-0.3, -0.25) is 19.7 Å². The first-order valence-corrected chi connectivity index (χ1v) is 7.79. The zero-order valence-corrected chi connectivity index (χ0v) is 13.6. The molecule has 2 rings (SSSR count). The van der Waals surface area contributed by atoms with Gasteiger partial charge in [0, 0.05) is 38.2 Å². The Kier molecular flexibility index (Phi) is 5.79. The number of carbonyl (C=O) groups is 2. The summed E-state index contributed by atoms with van der Waals surface area (Å²) in [6, 6.07) is 4.20. The van der Waals surface area contributed by atoms with Crippen LogP contribution in [-0.2, 0) is 9.59 Å². The van der Waals surface area contributed by atoms with E-state index in [0.717, 1.165) is 0 Å². The monoisotopic (exact) mass is 359 g/mol. The van der Waals surface area contributed by atoms with E-state index in [4.69, 9.17) is 23.2 Å². The average molecular weight is 360 g/mol. The van der Waals surface area contributed by atoms with Gasteiger partial charge in [-0.15, -0.1) is 0 Å². The highest BCUT2D eigenvalue weighted by Gasteiger charge is 2.32. The minimum Gasteiger partial charge on any atom is -0.384 e. The Labute approximate surface area is 142 Å². The van der Waals surface area contributed by atoms with Gasteiger partial charge in [-0.25, -0.2) is 0 Å². The van der Waals surface area contributed by atoms with Crippen molar-refractivity contribution in [3.63, 3.8) is 0 Å². The van der Waals surface area contributed by atoms with Crippen molar-refractivity contribution >= 4 is 45.7 Å². The third-order valence-corrected chi connectivity index (χ3v) is 4.24. The van der Waals surface area contributed by atoms with Gasteiger partial charge < -0.3 is 10.2 Å². The van der Waals surface area contributed by atoms with Crippen molar-refractivity contribution in [1.29, 1.82) is 0 Å². The van der Waals surface area contributed by atoms with E-state index in [2.05, 4.69) is 5.32 Å². The predicted molar refractivity (Wildman–Crippen MR) is 86.8 cm³/mol. The molecular formula is C14H15Cl2N3O4. The highest BCUT2D eigenvalue weighted by Crippen LogP contribution is 2.26. The Morgan fingerprint density at radius 3 is 2.78 bits per heavy atom. The molecular weight excluding hydrogens is 345 g/mol. The second-order valence-electron chi connectivity index (χ2n) is 5.25. The molecule has 1 aliphatic rings. The number of anilines is 1. The molecule has 9 heteroatoms. The van der Waals surface area contributed by atoms with Gasteiger partial charge in [0.1, 0.15) is 0 Å². The molecule has 0 saturated carbocycles. The number of nitrogens with one attached hydrogen (secondary N) is 1. The molecule has 0 bridgehead atoms. The molecule has 1 N–H and O–H groups in total. The SMILES string of the molecule is O=C(Cl)[C@H]1CC(=O)N(CCCNc2ccc([N+](=O)[O-])cc2Cl)C1. The molecule has 0 radical (unpaired) electrons. The summed E-state index contributed by atoms with van der Waals surface area (Å²) < 4.78 is 0. The van der Waals surface area contributed by atoms with Gasteiger partial charge in [0.05, 0.1) is 21.6 Å². The molecule has 1 amide bonds. The molecule has 0 unspecified atom stereocenters. The lowest BCUT2D eigenvalue weighted by atomic mass is 10.1. The van der Waals surface area contributed by atoms with Crippen LogP contribution in [0.4, 0.5) is 11.4 Å². The summed E-state index contributed by atoms with van der Waals surface area (Å²) in [6.45, 7) is 1.41. The third kappa shape index (κ3) is 4.56. The van der Waals surface area contributed by atoms with Crippen molar-refractivity contribution < 1.29 is 14.5 Å². The lowest BCUT2D eigenvalue weighted by Gasteiger charge is -2.16. The molecule has 0 aromatic heterocycles. The fraction of sp³-hybridized carbons (Fsp3) is 0.429. The van der Waals surface area contributed by atoms with Crippen LogP contribution in [0, 0.1) is 16.0 Å². The standard InChI is InChI=1S/C14H15Cl2N3O4/c15-11-7-10(19(22)23)2-3-12(11)17-4-1-5-18-8-9(14(16)21)6-13(18)20/h2-3,7,9,17H,1,4-6,8H2/t9-/m0/s1. The van der Waals surface area contributed by atoms with Crippen molar-refractivity contribution in [3.8, 4) is 0 Å². The van der Waals surface area contributed by atoms with E-state index in [9.17, 15) is 19.7 Å². The minimum absolute atomic E-state index is 0.0694. The Bertz CT molecular complexity index is 638. The van der Waals surface area contributed by atoms with Crippen molar-refractivity contribution in [2.75, 3.05) is 25.0 Å². The van der Waals surface area contributed by atoms with Crippen LogP contribution in [0.1, 0.15) is 12.8 Å². The molecule has 1 aromatic rings. The molecule has 1 aromatic carbocycles. The summed E-state index contributed by atoms with van der Waals surface area (Å²) in [6.07, 6.45) is 0.826. The van der Waals surface area contributed by atoms with E-state index in [1.165, 1.54) is 12.1 Å².